The predicted octanol–water partition coefficient (Wildman–Crippen LogP) is 0.851. The van der Waals surface area contributed by atoms with E-state index in [1.54, 1.807) is 6.92 Å². The first-order valence-electron chi connectivity index (χ1n) is 3.71. The van der Waals surface area contributed by atoms with Gasteiger partial charge < -0.3 is 14.9 Å². The number of hydrogen-bond acceptors (Lipinski definition) is 3. The Hall–Kier alpha value is -0.120. The van der Waals surface area contributed by atoms with Crippen LogP contribution in [-0.2, 0) is 4.74 Å². The van der Waals surface area contributed by atoms with Crippen LogP contribution in [0.15, 0.2) is 0 Å². The van der Waals surface area contributed by atoms with Gasteiger partial charge >= 0.3 is 0 Å². The van der Waals surface area contributed by atoms with Crippen LogP contribution < -0.4 is 0 Å². The molecule has 0 heterocycles. The molecule has 0 unspecified atom stereocenters. The summed E-state index contributed by atoms with van der Waals surface area (Å²) in [7, 11) is 0. The quantitative estimate of drug-likeness (QED) is 0.568. The molecule has 0 aromatic rings. The van der Waals surface area contributed by atoms with Gasteiger partial charge in [-0.15, -0.1) is 0 Å². The highest BCUT2D eigenvalue weighted by Crippen LogP contribution is 2.11. The van der Waals surface area contributed by atoms with Crippen molar-refractivity contribution in [2.75, 3.05) is 6.61 Å². The summed E-state index contributed by atoms with van der Waals surface area (Å²) in [5.41, 5.74) is 0. The molecule has 0 saturated heterocycles. The van der Waals surface area contributed by atoms with Gasteiger partial charge in [-0.25, -0.2) is 0 Å². The van der Waals surface area contributed by atoms with Crippen LogP contribution in [0.2, 0.25) is 0 Å². The Labute approximate surface area is 61.6 Å². The average molecular weight is 148 g/mol. The summed E-state index contributed by atoms with van der Waals surface area (Å²) in [6, 6.07) is 0. The van der Waals surface area contributed by atoms with Crippen LogP contribution in [-0.4, -0.2) is 22.8 Å². The summed E-state index contributed by atoms with van der Waals surface area (Å²) in [5, 5.41) is 18.0. The number of hydrogen-bond donors (Lipinski definition) is 2. The standard InChI is InChI=1S/C7H16O3/c1-3-5-6-7(8,9)10-4-2/h8-9H,3-6H2,1-2H3. The van der Waals surface area contributed by atoms with Crippen molar-refractivity contribution in [3.05, 3.63) is 0 Å². The lowest BCUT2D eigenvalue weighted by Gasteiger charge is -2.20. The number of aliphatic hydroxyl groups is 2. The minimum Gasteiger partial charge on any atom is -0.343 e. The first-order valence-corrected chi connectivity index (χ1v) is 3.71. The summed E-state index contributed by atoms with van der Waals surface area (Å²) >= 11 is 0. The van der Waals surface area contributed by atoms with Gasteiger partial charge in [0, 0.05) is 13.0 Å². The lowest BCUT2D eigenvalue weighted by molar-refractivity contribution is -0.339. The van der Waals surface area contributed by atoms with Gasteiger partial charge in [0.2, 0.25) is 0 Å². The van der Waals surface area contributed by atoms with Crippen LogP contribution in [0.1, 0.15) is 33.1 Å². The highest BCUT2D eigenvalue weighted by molar-refractivity contribution is 4.49. The molecule has 2 N–H and O–H groups in total. The Balaban J connectivity index is 3.42. The molecule has 62 valence electrons. The van der Waals surface area contributed by atoms with Crippen LogP contribution in [0.3, 0.4) is 0 Å². The molecule has 0 bridgehead atoms. The van der Waals surface area contributed by atoms with Crippen LogP contribution >= 0.6 is 0 Å². The van der Waals surface area contributed by atoms with E-state index in [0.717, 1.165) is 12.8 Å². The zero-order valence-electron chi connectivity index (χ0n) is 6.63. The molecule has 0 aliphatic heterocycles. The van der Waals surface area contributed by atoms with Gasteiger partial charge in [-0.2, -0.15) is 0 Å². The normalized spacial score (nSPS) is 12.0. The SMILES string of the molecule is CCCCC(O)(O)OCC. The lowest BCUT2D eigenvalue weighted by atomic mass is 10.2. The highest BCUT2D eigenvalue weighted by Gasteiger charge is 2.21. The Kier molecular flexibility index (Phi) is 4.60. The van der Waals surface area contributed by atoms with Crippen molar-refractivity contribution in [2.24, 2.45) is 0 Å². The summed E-state index contributed by atoms with van der Waals surface area (Å²) < 4.78 is 4.64. The topological polar surface area (TPSA) is 49.7 Å². The largest absolute Gasteiger partial charge is 0.343 e. The van der Waals surface area contributed by atoms with Crippen molar-refractivity contribution in [2.45, 2.75) is 39.1 Å². The van der Waals surface area contributed by atoms with Gasteiger partial charge in [-0.05, 0) is 13.3 Å². The monoisotopic (exact) mass is 148 g/mol. The van der Waals surface area contributed by atoms with E-state index >= 15 is 0 Å². The molecular formula is C7H16O3. The Morgan fingerprint density at radius 1 is 1.30 bits per heavy atom. The van der Waals surface area contributed by atoms with E-state index in [9.17, 15) is 0 Å². The molecule has 0 atom stereocenters. The van der Waals surface area contributed by atoms with Gasteiger partial charge in [-0.3, -0.25) is 0 Å². The fraction of sp³-hybridized carbons (Fsp3) is 1.00. The third-order valence-electron chi connectivity index (χ3n) is 1.23. The first kappa shape index (κ1) is 9.88. The van der Waals surface area contributed by atoms with E-state index in [2.05, 4.69) is 4.74 Å². The van der Waals surface area contributed by atoms with Crippen LogP contribution in [0.5, 0.6) is 0 Å². The number of ether oxygens (including phenoxy) is 1. The van der Waals surface area contributed by atoms with Gasteiger partial charge in [0.1, 0.15) is 0 Å². The van der Waals surface area contributed by atoms with Crippen molar-refractivity contribution < 1.29 is 14.9 Å². The van der Waals surface area contributed by atoms with Crippen molar-refractivity contribution >= 4 is 0 Å². The van der Waals surface area contributed by atoms with Crippen LogP contribution in [0, 0.1) is 0 Å². The van der Waals surface area contributed by atoms with E-state index in [1.807, 2.05) is 6.92 Å². The second-order valence-corrected chi connectivity index (χ2v) is 2.28. The lowest BCUT2D eigenvalue weighted by Crippen LogP contribution is -2.31. The molecule has 0 aliphatic carbocycles. The summed E-state index contributed by atoms with van der Waals surface area (Å²) in [6.07, 6.45) is 2.00. The minimum atomic E-state index is -1.90. The van der Waals surface area contributed by atoms with Crippen molar-refractivity contribution in [1.29, 1.82) is 0 Å². The van der Waals surface area contributed by atoms with Crippen molar-refractivity contribution in [3.8, 4) is 0 Å². The van der Waals surface area contributed by atoms with E-state index < -0.39 is 5.97 Å². The van der Waals surface area contributed by atoms with Crippen molar-refractivity contribution in [1.82, 2.24) is 0 Å². The molecule has 0 spiro atoms. The van der Waals surface area contributed by atoms with Gasteiger partial charge in [0.25, 0.3) is 5.97 Å². The highest BCUT2D eigenvalue weighted by atomic mass is 16.8. The van der Waals surface area contributed by atoms with E-state index in [1.165, 1.54) is 0 Å². The second-order valence-electron chi connectivity index (χ2n) is 2.28. The zero-order valence-corrected chi connectivity index (χ0v) is 6.63. The van der Waals surface area contributed by atoms with Crippen molar-refractivity contribution in [3.63, 3.8) is 0 Å². The molecule has 0 radical (unpaired) electrons. The van der Waals surface area contributed by atoms with E-state index in [0.29, 0.717) is 6.61 Å². The third-order valence-corrected chi connectivity index (χ3v) is 1.23. The molecule has 0 saturated carbocycles. The summed E-state index contributed by atoms with van der Waals surface area (Å²) in [5.74, 6) is -1.90. The maximum Gasteiger partial charge on any atom is 0.277 e. The molecule has 3 nitrogen and oxygen atoms in total. The van der Waals surface area contributed by atoms with Crippen LogP contribution in [0.4, 0.5) is 0 Å². The Morgan fingerprint density at radius 2 is 1.90 bits per heavy atom. The average Bonchev–Trinajstić information content (AvgIpc) is 1.84. The first-order chi connectivity index (χ1) is 4.62. The summed E-state index contributed by atoms with van der Waals surface area (Å²) in [6.45, 7) is 4.05. The molecule has 10 heavy (non-hydrogen) atoms. The fourth-order valence-corrected chi connectivity index (χ4v) is 0.710. The minimum absolute atomic E-state index is 0.289. The maximum absolute atomic E-state index is 8.98. The predicted molar refractivity (Wildman–Crippen MR) is 38.3 cm³/mol. The fourth-order valence-electron chi connectivity index (χ4n) is 0.710. The molecule has 0 fully saturated rings. The maximum atomic E-state index is 8.98. The van der Waals surface area contributed by atoms with E-state index in [-0.39, 0.29) is 6.42 Å². The molecule has 0 amide bonds. The molecule has 3 heteroatoms. The van der Waals surface area contributed by atoms with Gasteiger partial charge in [0.15, 0.2) is 0 Å². The Morgan fingerprint density at radius 3 is 2.30 bits per heavy atom. The summed E-state index contributed by atoms with van der Waals surface area (Å²) in [4.78, 5) is 0. The van der Waals surface area contributed by atoms with E-state index in [4.69, 9.17) is 10.2 Å². The number of unbranched alkanes of at least 4 members (excludes halogenated alkanes) is 1. The van der Waals surface area contributed by atoms with Crippen LogP contribution in [0.25, 0.3) is 0 Å². The molecule has 0 aromatic carbocycles. The smallest absolute Gasteiger partial charge is 0.277 e. The molecule has 0 aromatic heterocycles. The van der Waals surface area contributed by atoms with Gasteiger partial charge in [0.05, 0.1) is 0 Å². The molecular weight excluding hydrogens is 132 g/mol. The molecule has 0 rings (SSSR count). The number of rotatable bonds is 5. The Bertz CT molecular complexity index is 80.9. The second kappa shape index (κ2) is 4.66. The molecule has 0 aliphatic rings. The zero-order chi connectivity index (χ0) is 8.04. The third kappa shape index (κ3) is 4.73. The van der Waals surface area contributed by atoms with Gasteiger partial charge in [-0.1, -0.05) is 13.3 Å².